The van der Waals surface area contributed by atoms with Gasteiger partial charge in [0.15, 0.2) is 0 Å². The van der Waals surface area contributed by atoms with Gasteiger partial charge in [-0.15, -0.1) is 0 Å². The van der Waals surface area contributed by atoms with E-state index in [0.29, 0.717) is 49.8 Å². The third-order valence-corrected chi connectivity index (χ3v) is 8.37. The quantitative estimate of drug-likeness (QED) is 0.634. The first-order chi connectivity index (χ1) is 17.5. The third kappa shape index (κ3) is 6.21. The summed E-state index contributed by atoms with van der Waals surface area (Å²) in [5, 5.41) is 7.12. The molecule has 0 spiro atoms. The predicted octanol–water partition coefficient (Wildman–Crippen LogP) is 3.18. The highest BCUT2D eigenvalue weighted by Gasteiger charge is 2.45. The lowest BCUT2D eigenvalue weighted by atomic mass is 10.1. The van der Waals surface area contributed by atoms with E-state index in [9.17, 15) is 26.4 Å². The number of para-hydroxylation sites is 1. The van der Waals surface area contributed by atoms with Crippen LogP contribution in [0.15, 0.2) is 53.6 Å². The fraction of sp³-hybridized carbons (Fsp3) is 0.458. The molecule has 1 amide bonds. The van der Waals surface area contributed by atoms with Crippen molar-refractivity contribution in [1.82, 2.24) is 14.2 Å². The van der Waals surface area contributed by atoms with Crippen LogP contribution in [0.25, 0.3) is 0 Å². The van der Waals surface area contributed by atoms with Crippen molar-refractivity contribution in [2.45, 2.75) is 48.9 Å². The van der Waals surface area contributed by atoms with E-state index in [0.717, 1.165) is 12.8 Å². The van der Waals surface area contributed by atoms with E-state index in [1.54, 1.807) is 57.9 Å². The Morgan fingerprint density at radius 1 is 1.03 bits per heavy atom. The summed E-state index contributed by atoms with van der Waals surface area (Å²) < 4.78 is 66.8. The molecule has 200 valence electrons. The number of rotatable bonds is 3. The predicted molar refractivity (Wildman–Crippen MR) is 124 cm³/mol. The van der Waals surface area contributed by atoms with Gasteiger partial charge in [-0.2, -0.15) is 17.5 Å². The topological polar surface area (TPSA) is 117 Å². The minimum atomic E-state index is -5.08. The number of alkyl halides is 3. The molecule has 1 saturated carbocycles. The molecule has 3 heterocycles. The van der Waals surface area contributed by atoms with Crippen molar-refractivity contribution < 1.29 is 41.0 Å². The van der Waals surface area contributed by atoms with Crippen LogP contribution in [0.4, 0.5) is 13.2 Å². The maximum atomic E-state index is 13.5. The second-order valence-electron chi connectivity index (χ2n) is 9.08. The van der Waals surface area contributed by atoms with Crippen LogP contribution in [0.3, 0.4) is 0 Å². The number of carboxylic acids is 1. The fourth-order valence-electron chi connectivity index (χ4n) is 4.40. The van der Waals surface area contributed by atoms with E-state index in [2.05, 4.69) is 4.98 Å². The number of benzene rings is 1. The Morgan fingerprint density at radius 3 is 2.30 bits per heavy atom. The minimum absolute atomic E-state index is 0.121. The summed E-state index contributed by atoms with van der Waals surface area (Å²) in [6, 6.07) is 11.9. The average Bonchev–Trinajstić information content (AvgIpc) is 3.70. The van der Waals surface area contributed by atoms with E-state index in [1.807, 2.05) is 0 Å². The normalized spacial score (nSPS) is 23.2. The highest BCUT2D eigenvalue weighted by molar-refractivity contribution is 7.89. The van der Waals surface area contributed by atoms with Crippen LogP contribution < -0.4 is 4.74 Å². The standard InChI is InChI=1S/C22H25N3O4S.C2HF3O2/c26-22(17-5-3-4-12-23-17)24-13-10-18-19(11-14-24)29-20-6-1-2-7-21(20)30(27,28)25(18)15-16-8-9-16;3-2(4,5)1(6)7/h1-7,12,16,18-19H,8-11,13-15H2;(H,6,7)/t18-,19-;/m0./s1. The van der Waals surface area contributed by atoms with E-state index in [4.69, 9.17) is 14.6 Å². The maximum absolute atomic E-state index is 13.5. The van der Waals surface area contributed by atoms with Crippen LogP contribution in [0, 0.1) is 5.92 Å². The molecule has 3 aliphatic rings. The molecule has 2 fully saturated rings. The largest absolute Gasteiger partial charge is 0.490 e. The van der Waals surface area contributed by atoms with Gasteiger partial charge in [0.1, 0.15) is 22.4 Å². The molecule has 1 aromatic carbocycles. The fourth-order valence-corrected chi connectivity index (χ4v) is 6.28. The number of carbonyl (C=O) groups excluding carboxylic acids is 1. The lowest BCUT2D eigenvalue weighted by Crippen LogP contribution is -2.48. The highest BCUT2D eigenvalue weighted by Crippen LogP contribution is 2.39. The molecule has 2 aliphatic heterocycles. The van der Waals surface area contributed by atoms with Gasteiger partial charge in [0.2, 0.25) is 10.0 Å². The van der Waals surface area contributed by atoms with Crippen LogP contribution in [0.5, 0.6) is 5.75 Å². The molecule has 5 rings (SSSR count). The first-order valence-corrected chi connectivity index (χ1v) is 13.2. The summed E-state index contributed by atoms with van der Waals surface area (Å²) in [6.07, 6.45) is -0.508. The Labute approximate surface area is 211 Å². The van der Waals surface area contributed by atoms with Gasteiger partial charge in [-0.05, 0) is 49.4 Å². The molecular weight excluding hydrogens is 515 g/mol. The van der Waals surface area contributed by atoms with E-state index in [1.165, 1.54) is 0 Å². The van der Waals surface area contributed by atoms with Gasteiger partial charge in [0, 0.05) is 32.3 Å². The number of amides is 1. The number of nitrogens with zero attached hydrogens (tertiary/aromatic N) is 3. The molecule has 0 radical (unpaired) electrons. The Kier molecular flexibility index (Phi) is 7.74. The Hall–Kier alpha value is -3.19. The van der Waals surface area contributed by atoms with Crippen LogP contribution in [0.2, 0.25) is 0 Å². The summed E-state index contributed by atoms with van der Waals surface area (Å²) in [5.41, 5.74) is 0.410. The molecule has 0 unspecified atom stereocenters. The summed E-state index contributed by atoms with van der Waals surface area (Å²) in [4.78, 5) is 28.0. The molecule has 37 heavy (non-hydrogen) atoms. The monoisotopic (exact) mass is 541 g/mol. The average molecular weight is 542 g/mol. The minimum Gasteiger partial charge on any atom is -0.487 e. The van der Waals surface area contributed by atoms with E-state index in [-0.39, 0.29) is 22.9 Å². The van der Waals surface area contributed by atoms with E-state index < -0.39 is 22.2 Å². The van der Waals surface area contributed by atoms with Gasteiger partial charge in [-0.3, -0.25) is 9.78 Å². The zero-order chi connectivity index (χ0) is 26.8. The Morgan fingerprint density at radius 2 is 1.68 bits per heavy atom. The first kappa shape index (κ1) is 26.9. The molecule has 2 aromatic rings. The highest BCUT2D eigenvalue weighted by atomic mass is 32.2. The summed E-state index contributed by atoms with van der Waals surface area (Å²) in [7, 11) is -3.66. The molecule has 2 atom stereocenters. The molecule has 13 heteroatoms. The van der Waals surface area contributed by atoms with E-state index >= 15 is 0 Å². The number of pyridine rings is 1. The zero-order valence-electron chi connectivity index (χ0n) is 19.7. The lowest BCUT2D eigenvalue weighted by molar-refractivity contribution is -0.192. The van der Waals surface area contributed by atoms with Gasteiger partial charge in [-0.1, -0.05) is 18.2 Å². The molecule has 1 aromatic heterocycles. The van der Waals surface area contributed by atoms with Crippen molar-refractivity contribution in [3.63, 3.8) is 0 Å². The molecule has 1 saturated heterocycles. The van der Waals surface area contributed by atoms with Crippen molar-refractivity contribution in [2.24, 2.45) is 5.92 Å². The number of likely N-dealkylation sites (tertiary alicyclic amines) is 1. The molecule has 0 bridgehead atoms. The van der Waals surface area contributed by atoms with Gasteiger partial charge in [-0.25, -0.2) is 13.2 Å². The smallest absolute Gasteiger partial charge is 0.487 e. The Bertz CT molecular complexity index is 1240. The van der Waals surface area contributed by atoms with Crippen LogP contribution >= 0.6 is 0 Å². The van der Waals surface area contributed by atoms with Crippen LogP contribution in [0.1, 0.15) is 36.2 Å². The number of carbonyl (C=O) groups is 2. The second-order valence-corrected chi connectivity index (χ2v) is 10.9. The zero-order valence-corrected chi connectivity index (χ0v) is 20.5. The van der Waals surface area contributed by atoms with Crippen molar-refractivity contribution >= 4 is 21.9 Å². The van der Waals surface area contributed by atoms with Crippen LogP contribution in [-0.4, -0.2) is 77.5 Å². The molecule has 1 aliphatic carbocycles. The number of carboxylic acid groups (broad SMARTS) is 1. The SMILES string of the molecule is O=C(O)C(F)(F)F.O=C(c1ccccn1)N1CC[C@@H]2Oc3ccccc3S(=O)(=O)N(CC3CC3)[C@H]2CC1. The maximum Gasteiger partial charge on any atom is 0.490 e. The van der Waals surface area contributed by atoms with Crippen molar-refractivity contribution in [3.05, 3.63) is 54.4 Å². The van der Waals surface area contributed by atoms with Gasteiger partial charge in [0.25, 0.3) is 5.91 Å². The van der Waals surface area contributed by atoms with Gasteiger partial charge >= 0.3 is 12.1 Å². The first-order valence-electron chi connectivity index (χ1n) is 11.8. The number of aromatic nitrogens is 1. The molecule has 9 nitrogen and oxygen atoms in total. The number of hydrogen-bond donors (Lipinski definition) is 1. The summed E-state index contributed by atoms with van der Waals surface area (Å²) >= 11 is 0. The third-order valence-electron chi connectivity index (χ3n) is 6.44. The number of halogens is 3. The number of sulfonamides is 1. The van der Waals surface area contributed by atoms with Gasteiger partial charge < -0.3 is 14.7 Å². The number of fused-ring (bicyclic) bond motifs is 2. The molecular formula is C24H26F3N3O6S. The summed E-state index contributed by atoms with van der Waals surface area (Å²) in [6.45, 7) is 1.51. The van der Waals surface area contributed by atoms with Gasteiger partial charge in [0.05, 0.1) is 6.04 Å². The van der Waals surface area contributed by atoms with Crippen molar-refractivity contribution in [2.75, 3.05) is 19.6 Å². The van der Waals surface area contributed by atoms with Crippen molar-refractivity contribution in [3.8, 4) is 5.75 Å². The second kappa shape index (κ2) is 10.7. The Balaban J connectivity index is 0.000000405. The lowest BCUT2D eigenvalue weighted by Gasteiger charge is -2.31. The molecule has 1 N–H and O–H groups in total. The van der Waals surface area contributed by atoms with Crippen LogP contribution in [-0.2, 0) is 14.8 Å². The van der Waals surface area contributed by atoms with Crippen molar-refractivity contribution in [1.29, 1.82) is 0 Å². The number of aliphatic carboxylic acids is 1. The number of hydrogen-bond acceptors (Lipinski definition) is 6. The summed E-state index contributed by atoms with van der Waals surface area (Å²) in [5.74, 6) is -2.05. The number of ether oxygens (including phenoxy) is 1.